The van der Waals surface area contributed by atoms with Crippen LogP contribution in [0.4, 0.5) is 5.82 Å². The summed E-state index contributed by atoms with van der Waals surface area (Å²) in [6.45, 7) is 1.29. The van der Waals surface area contributed by atoms with E-state index in [0.29, 0.717) is 35.9 Å². The molecule has 4 aromatic rings. The van der Waals surface area contributed by atoms with E-state index in [1.54, 1.807) is 30.6 Å². The van der Waals surface area contributed by atoms with Crippen LogP contribution in [0.3, 0.4) is 0 Å². The number of hydrogen-bond acceptors (Lipinski definition) is 6. The molecule has 8 nitrogen and oxygen atoms in total. The zero-order valence-electron chi connectivity index (χ0n) is 18.6. The van der Waals surface area contributed by atoms with Gasteiger partial charge in [-0.2, -0.15) is 0 Å². The van der Waals surface area contributed by atoms with Crippen molar-refractivity contribution in [3.8, 4) is 5.88 Å². The van der Waals surface area contributed by atoms with Gasteiger partial charge in [0.25, 0.3) is 0 Å². The van der Waals surface area contributed by atoms with Crippen LogP contribution in [0, 0.1) is 0 Å². The molecule has 2 N–H and O–H groups in total. The third-order valence-electron chi connectivity index (χ3n) is 6.00. The molecule has 3 aromatic heterocycles. The zero-order chi connectivity index (χ0) is 23.3. The minimum atomic E-state index is -0.146. The molecule has 4 heterocycles. The Labute approximate surface area is 197 Å². The summed E-state index contributed by atoms with van der Waals surface area (Å²) in [7, 11) is 0. The van der Waals surface area contributed by atoms with Crippen molar-refractivity contribution >= 4 is 28.4 Å². The van der Waals surface area contributed by atoms with Gasteiger partial charge in [0, 0.05) is 61.7 Å². The van der Waals surface area contributed by atoms with Crippen LogP contribution in [0.15, 0.2) is 73.2 Å². The normalized spacial score (nSPS) is 14.2. The molecule has 1 aliphatic rings. The predicted octanol–water partition coefficient (Wildman–Crippen LogP) is 3.67. The van der Waals surface area contributed by atoms with Crippen molar-refractivity contribution in [1.29, 1.82) is 0 Å². The first-order valence-corrected chi connectivity index (χ1v) is 11.3. The first-order chi connectivity index (χ1) is 16.7. The minimum absolute atomic E-state index is 0.0341. The molecule has 172 valence electrons. The van der Waals surface area contributed by atoms with Gasteiger partial charge in [-0.3, -0.25) is 9.59 Å². The molecule has 0 atom stereocenters. The maximum absolute atomic E-state index is 13.2. The van der Waals surface area contributed by atoms with Gasteiger partial charge in [0.15, 0.2) is 5.78 Å². The van der Waals surface area contributed by atoms with E-state index in [1.165, 1.54) is 0 Å². The van der Waals surface area contributed by atoms with Crippen molar-refractivity contribution in [3.05, 3.63) is 84.3 Å². The van der Waals surface area contributed by atoms with Gasteiger partial charge in [0.05, 0.1) is 12.1 Å². The van der Waals surface area contributed by atoms with Gasteiger partial charge in [-0.25, -0.2) is 9.97 Å². The number of amides is 1. The van der Waals surface area contributed by atoms with Gasteiger partial charge < -0.3 is 19.9 Å². The quantitative estimate of drug-likeness (QED) is 0.413. The summed E-state index contributed by atoms with van der Waals surface area (Å²) in [5.74, 6) is 0.831. The average molecular weight is 456 g/mol. The Bertz CT molecular complexity index is 1300. The fourth-order valence-corrected chi connectivity index (χ4v) is 4.16. The number of nitrogens with zero attached hydrogens (tertiary/aromatic N) is 3. The number of hydrogen-bond donors (Lipinski definition) is 2. The molecule has 1 aliphatic heterocycles. The van der Waals surface area contributed by atoms with Crippen LogP contribution in [0.25, 0.3) is 10.9 Å². The van der Waals surface area contributed by atoms with E-state index in [9.17, 15) is 9.59 Å². The molecule has 0 unspecified atom stereocenters. The van der Waals surface area contributed by atoms with Gasteiger partial charge in [-0.05, 0) is 35.7 Å². The number of aromatic amines is 1. The lowest BCUT2D eigenvalue weighted by molar-refractivity contribution is -0.131. The first kappa shape index (κ1) is 21.6. The molecule has 5 rings (SSSR count). The number of nitrogens with one attached hydrogen (secondary N) is 2. The highest BCUT2D eigenvalue weighted by molar-refractivity contribution is 6.13. The van der Waals surface area contributed by atoms with E-state index in [1.807, 2.05) is 47.5 Å². The maximum Gasteiger partial charge on any atom is 0.241 e. The van der Waals surface area contributed by atoms with Crippen molar-refractivity contribution in [2.24, 2.45) is 0 Å². The molecule has 0 spiro atoms. The summed E-state index contributed by atoms with van der Waals surface area (Å²) in [4.78, 5) is 39.4. The fourth-order valence-electron chi connectivity index (χ4n) is 4.16. The van der Waals surface area contributed by atoms with Crippen LogP contribution in [-0.4, -0.2) is 57.3 Å². The van der Waals surface area contributed by atoms with Crippen molar-refractivity contribution in [3.63, 3.8) is 0 Å². The van der Waals surface area contributed by atoms with Crippen LogP contribution >= 0.6 is 0 Å². The average Bonchev–Trinajstić information content (AvgIpc) is 3.36. The van der Waals surface area contributed by atoms with Crippen LogP contribution in [0.5, 0.6) is 5.88 Å². The number of benzene rings is 1. The van der Waals surface area contributed by atoms with Crippen molar-refractivity contribution in [2.75, 3.05) is 25.0 Å². The number of anilines is 1. The van der Waals surface area contributed by atoms with E-state index >= 15 is 0 Å². The summed E-state index contributed by atoms with van der Waals surface area (Å²) >= 11 is 0. The number of carbonyl (C=O) groups excluding carboxylic acids is 2. The van der Waals surface area contributed by atoms with Gasteiger partial charge in [0.1, 0.15) is 11.9 Å². The molecule has 1 aromatic carbocycles. The lowest BCUT2D eigenvalue weighted by Gasteiger charge is -2.32. The fraction of sp³-hybridized carbons (Fsp3) is 0.231. The molecule has 0 bridgehead atoms. The number of pyridine rings is 2. The SMILES string of the molecule is O=C(c1ccc2cc[nH]c2c1)c1cccnc1NCC(=O)N1CCC(Oc2ccccn2)CC1. The number of H-pyrrole nitrogens is 1. The highest BCUT2D eigenvalue weighted by Gasteiger charge is 2.24. The van der Waals surface area contributed by atoms with Gasteiger partial charge in [0.2, 0.25) is 11.8 Å². The second-order valence-electron chi connectivity index (χ2n) is 8.23. The van der Waals surface area contributed by atoms with Crippen LogP contribution < -0.4 is 10.1 Å². The predicted molar refractivity (Wildman–Crippen MR) is 129 cm³/mol. The second kappa shape index (κ2) is 9.74. The Morgan fingerprint density at radius 3 is 2.71 bits per heavy atom. The highest BCUT2D eigenvalue weighted by atomic mass is 16.5. The Balaban J connectivity index is 1.19. The minimum Gasteiger partial charge on any atom is -0.474 e. The summed E-state index contributed by atoms with van der Waals surface area (Å²) in [5.41, 5.74) is 1.89. The molecule has 1 fully saturated rings. The second-order valence-corrected chi connectivity index (χ2v) is 8.23. The lowest BCUT2D eigenvalue weighted by Crippen LogP contribution is -2.44. The molecular weight excluding hydrogens is 430 g/mol. The molecule has 0 radical (unpaired) electrons. The number of ether oxygens (including phenoxy) is 1. The lowest BCUT2D eigenvalue weighted by atomic mass is 10.0. The van der Waals surface area contributed by atoms with E-state index in [4.69, 9.17) is 4.74 Å². The van der Waals surface area contributed by atoms with E-state index in [0.717, 1.165) is 23.7 Å². The number of fused-ring (bicyclic) bond motifs is 1. The third-order valence-corrected chi connectivity index (χ3v) is 6.00. The Morgan fingerprint density at radius 1 is 1.03 bits per heavy atom. The monoisotopic (exact) mass is 455 g/mol. The maximum atomic E-state index is 13.2. The molecule has 34 heavy (non-hydrogen) atoms. The van der Waals surface area contributed by atoms with Gasteiger partial charge >= 0.3 is 0 Å². The number of likely N-dealkylation sites (tertiary alicyclic amines) is 1. The van der Waals surface area contributed by atoms with Gasteiger partial charge in [-0.15, -0.1) is 0 Å². The molecule has 1 amide bonds. The van der Waals surface area contributed by atoms with E-state index in [-0.39, 0.29) is 24.3 Å². The highest BCUT2D eigenvalue weighted by Crippen LogP contribution is 2.21. The van der Waals surface area contributed by atoms with Crippen LogP contribution in [0.1, 0.15) is 28.8 Å². The molecule has 1 saturated heterocycles. The van der Waals surface area contributed by atoms with Crippen molar-refractivity contribution < 1.29 is 14.3 Å². The number of carbonyl (C=O) groups is 2. The smallest absolute Gasteiger partial charge is 0.241 e. The number of rotatable bonds is 7. The van der Waals surface area contributed by atoms with Crippen LogP contribution in [0.2, 0.25) is 0 Å². The Morgan fingerprint density at radius 2 is 1.88 bits per heavy atom. The molecule has 0 aliphatic carbocycles. The summed E-state index contributed by atoms with van der Waals surface area (Å²) in [5, 5.41) is 4.11. The largest absolute Gasteiger partial charge is 0.474 e. The Kier molecular flexibility index (Phi) is 6.20. The topological polar surface area (TPSA) is 100 Å². The molecule has 8 heteroatoms. The summed E-state index contributed by atoms with van der Waals surface area (Å²) < 4.78 is 5.90. The van der Waals surface area contributed by atoms with Crippen molar-refractivity contribution in [2.45, 2.75) is 18.9 Å². The number of aromatic nitrogens is 3. The van der Waals surface area contributed by atoms with E-state index in [2.05, 4.69) is 20.3 Å². The molecule has 0 saturated carbocycles. The van der Waals surface area contributed by atoms with Gasteiger partial charge in [-0.1, -0.05) is 18.2 Å². The van der Waals surface area contributed by atoms with Crippen LogP contribution in [-0.2, 0) is 4.79 Å². The Hall–Kier alpha value is -4.20. The standard InChI is InChI=1S/C26H25N5O3/c32-24(31-14-9-20(10-15-31)34-23-5-1-2-11-28-23)17-30-26-21(4-3-12-29-26)25(33)19-7-6-18-8-13-27-22(18)16-19/h1-8,11-13,16,20,27H,9-10,14-15,17H2,(H,29,30). The van der Waals surface area contributed by atoms with Crippen molar-refractivity contribution in [1.82, 2.24) is 19.9 Å². The summed E-state index contributed by atoms with van der Waals surface area (Å²) in [6, 6.07) is 16.5. The summed E-state index contributed by atoms with van der Waals surface area (Å²) in [6.07, 6.45) is 6.69. The number of piperidine rings is 1. The molecular formula is C26H25N5O3. The first-order valence-electron chi connectivity index (χ1n) is 11.3. The van der Waals surface area contributed by atoms with E-state index < -0.39 is 0 Å². The zero-order valence-corrected chi connectivity index (χ0v) is 18.6. The third kappa shape index (κ3) is 4.76. The number of ketones is 1.